The highest BCUT2D eigenvalue weighted by molar-refractivity contribution is 5.98. The Hall–Kier alpha value is -3.08. The van der Waals surface area contributed by atoms with E-state index in [-0.39, 0.29) is 18.6 Å². The van der Waals surface area contributed by atoms with Crippen LogP contribution in [0.4, 0.5) is 0 Å². The molecule has 2 heterocycles. The maximum Gasteiger partial charge on any atom is 0.304 e. The van der Waals surface area contributed by atoms with Crippen LogP contribution < -0.4 is 0 Å². The Bertz CT molecular complexity index is 1000. The first-order valence-electron chi connectivity index (χ1n) is 10.2. The van der Waals surface area contributed by atoms with Crippen molar-refractivity contribution < 1.29 is 14.3 Å². The van der Waals surface area contributed by atoms with Gasteiger partial charge in [-0.05, 0) is 55.0 Å². The first kappa shape index (κ1) is 19.2. The van der Waals surface area contributed by atoms with E-state index in [1.807, 2.05) is 46.0 Å². The van der Waals surface area contributed by atoms with Gasteiger partial charge in [0.25, 0.3) is 5.91 Å². The zero-order chi connectivity index (χ0) is 20.2. The zero-order valence-electron chi connectivity index (χ0n) is 16.7. The monoisotopic (exact) mass is 390 g/mol. The molecule has 2 aromatic carbocycles. The van der Waals surface area contributed by atoms with Crippen LogP contribution in [0, 0.1) is 5.92 Å². The Morgan fingerprint density at radius 3 is 2.52 bits per heavy atom. The largest absolute Gasteiger partial charge is 0.444 e. The number of piperidine rings is 1. The van der Waals surface area contributed by atoms with Gasteiger partial charge in [-0.1, -0.05) is 30.3 Å². The van der Waals surface area contributed by atoms with Crippen LogP contribution in [0.5, 0.6) is 0 Å². The lowest BCUT2D eigenvalue weighted by molar-refractivity contribution is -0.144. The van der Waals surface area contributed by atoms with Crippen LogP contribution in [-0.4, -0.2) is 34.4 Å². The summed E-state index contributed by atoms with van der Waals surface area (Å²) in [6.45, 7) is 3.19. The molecule has 150 valence electrons. The van der Waals surface area contributed by atoms with Gasteiger partial charge in [0.05, 0.1) is 5.52 Å². The van der Waals surface area contributed by atoms with Gasteiger partial charge in [-0.3, -0.25) is 9.59 Å². The second-order valence-corrected chi connectivity index (χ2v) is 7.75. The van der Waals surface area contributed by atoms with E-state index in [1.165, 1.54) is 12.5 Å². The summed E-state index contributed by atoms with van der Waals surface area (Å²) in [6.07, 6.45) is 5.05. The molecule has 3 aromatic rings. The number of hydrogen-bond acceptors (Lipinski definition) is 3. The molecule has 1 fully saturated rings. The van der Waals surface area contributed by atoms with Crippen molar-refractivity contribution in [1.29, 1.82) is 0 Å². The normalized spacial score (nSPS) is 14.9. The number of carbonyl (C=O) groups excluding carboxylic acids is 2. The van der Waals surface area contributed by atoms with Crippen LogP contribution in [0.1, 0.15) is 35.7 Å². The molecule has 0 spiro atoms. The van der Waals surface area contributed by atoms with Gasteiger partial charge in [0.15, 0.2) is 6.73 Å². The Morgan fingerprint density at radius 2 is 1.79 bits per heavy atom. The molecule has 1 saturated heterocycles. The minimum absolute atomic E-state index is 0.0952. The maximum absolute atomic E-state index is 13.0. The van der Waals surface area contributed by atoms with E-state index in [0.717, 1.165) is 43.3 Å². The fraction of sp³-hybridized carbons (Fsp3) is 0.333. The van der Waals surface area contributed by atoms with Gasteiger partial charge in [-0.15, -0.1) is 0 Å². The molecule has 0 unspecified atom stereocenters. The number of hydrogen-bond donors (Lipinski definition) is 0. The molecule has 1 amide bonds. The molecule has 1 aliphatic rings. The lowest BCUT2D eigenvalue weighted by atomic mass is 9.90. The molecular formula is C24H26N2O3. The number of ether oxygens (including phenoxy) is 1. The van der Waals surface area contributed by atoms with Crippen LogP contribution in [0.25, 0.3) is 10.9 Å². The van der Waals surface area contributed by atoms with Crippen LogP contribution in [0.3, 0.4) is 0 Å². The lowest BCUT2D eigenvalue weighted by Gasteiger charge is -2.32. The summed E-state index contributed by atoms with van der Waals surface area (Å²) in [6, 6.07) is 18.2. The average molecular weight is 390 g/mol. The molecule has 29 heavy (non-hydrogen) atoms. The van der Waals surface area contributed by atoms with Crippen molar-refractivity contribution in [3.8, 4) is 0 Å². The number of benzene rings is 2. The predicted octanol–water partition coefficient (Wildman–Crippen LogP) is 4.26. The number of likely N-dealkylation sites (tertiary alicyclic amines) is 1. The Labute approximate surface area is 170 Å². The molecule has 4 rings (SSSR count). The van der Waals surface area contributed by atoms with Gasteiger partial charge in [-0.2, -0.15) is 0 Å². The molecule has 0 N–H and O–H groups in total. The number of carbonyl (C=O) groups is 2. The minimum Gasteiger partial charge on any atom is -0.444 e. The van der Waals surface area contributed by atoms with E-state index >= 15 is 0 Å². The highest BCUT2D eigenvalue weighted by atomic mass is 16.5. The summed E-state index contributed by atoms with van der Waals surface area (Å²) in [5, 5.41) is 0.974. The van der Waals surface area contributed by atoms with Crippen molar-refractivity contribution >= 4 is 22.8 Å². The average Bonchev–Trinajstić information content (AvgIpc) is 3.15. The first-order chi connectivity index (χ1) is 14.1. The summed E-state index contributed by atoms with van der Waals surface area (Å²) in [4.78, 5) is 26.0. The van der Waals surface area contributed by atoms with Crippen LogP contribution in [0.2, 0.25) is 0 Å². The third-order valence-corrected chi connectivity index (χ3v) is 5.69. The van der Waals surface area contributed by atoms with Gasteiger partial charge >= 0.3 is 5.97 Å². The molecule has 0 bridgehead atoms. The summed E-state index contributed by atoms with van der Waals surface area (Å²) in [5.74, 6) is 0.423. The van der Waals surface area contributed by atoms with E-state index in [9.17, 15) is 9.59 Å². The number of aromatic nitrogens is 1. The molecule has 0 aliphatic carbocycles. The number of rotatable bonds is 5. The van der Waals surface area contributed by atoms with Crippen molar-refractivity contribution in [3.63, 3.8) is 0 Å². The van der Waals surface area contributed by atoms with Crippen molar-refractivity contribution in [2.45, 2.75) is 32.9 Å². The third-order valence-electron chi connectivity index (χ3n) is 5.69. The summed E-state index contributed by atoms with van der Waals surface area (Å²) >= 11 is 0. The van der Waals surface area contributed by atoms with E-state index in [0.29, 0.717) is 11.5 Å². The third kappa shape index (κ3) is 4.50. The molecule has 0 atom stereocenters. The smallest absolute Gasteiger partial charge is 0.304 e. The first-order valence-corrected chi connectivity index (χ1v) is 10.2. The topological polar surface area (TPSA) is 51.5 Å². The minimum atomic E-state index is -0.311. The number of esters is 1. The van der Waals surface area contributed by atoms with Gasteiger partial charge in [-0.25, -0.2) is 0 Å². The van der Waals surface area contributed by atoms with Crippen molar-refractivity contribution in [1.82, 2.24) is 9.47 Å². The summed E-state index contributed by atoms with van der Waals surface area (Å²) in [5.41, 5.74) is 3.04. The Morgan fingerprint density at radius 1 is 1.03 bits per heavy atom. The fourth-order valence-electron chi connectivity index (χ4n) is 4.08. The van der Waals surface area contributed by atoms with Gasteiger partial charge in [0.1, 0.15) is 0 Å². The van der Waals surface area contributed by atoms with E-state index in [4.69, 9.17) is 4.74 Å². The summed E-state index contributed by atoms with van der Waals surface area (Å²) in [7, 11) is 0. The fourth-order valence-corrected chi connectivity index (χ4v) is 4.08. The van der Waals surface area contributed by atoms with Gasteiger partial charge in [0, 0.05) is 37.2 Å². The molecule has 0 saturated carbocycles. The maximum atomic E-state index is 13.0. The number of amides is 1. The summed E-state index contributed by atoms with van der Waals surface area (Å²) < 4.78 is 6.93. The number of nitrogens with zero attached hydrogens (tertiary/aromatic N) is 2. The molecule has 5 heteroatoms. The molecule has 0 radical (unpaired) electrons. The molecular weight excluding hydrogens is 364 g/mol. The molecule has 1 aliphatic heterocycles. The van der Waals surface area contributed by atoms with Crippen molar-refractivity contribution in [2.24, 2.45) is 5.92 Å². The van der Waals surface area contributed by atoms with Crippen LogP contribution in [0.15, 0.2) is 60.8 Å². The standard InChI is InChI=1S/C24H26N2O3/c1-18(27)29-17-26-14-11-21-16-22(7-8-23(21)26)24(28)25-12-9-20(10-13-25)15-19-5-3-2-4-6-19/h2-8,11,14,16,20H,9-10,12-13,15,17H2,1H3. The van der Waals surface area contributed by atoms with Gasteiger partial charge < -0.3 is 14.2 Å². The SMILES string of the molecule is CC(=O)OCn1ccc2cc(C(=O)N3CCC(Cc4ccccc4)CC3)ccc21. The second kappa shape index (κ2) is 8.52. The lowest BCUT2D eigenvalue weighted by Crippen LogP contribution is -2.38. The van der Waals surface area contributed by atoms with Crippen molar-refractivity contribution in [2.75, 3.05) is 13.1 Å². The Kier molecular flexibility index (Phi) is 5.65. The highest BCUT2D eigenvalue weighted by Gasteiger charge is 2.24. The predicted molar refractivity (Wildman–Crippen MR) is 112 cm³/mol. The molecule has 1 aromatic heterocycles. The van der Waals surface area contributed by atoms with Crippen LogP contribution in [-0.2, 0) is 22.7 Å². The van der Waals surface area contributed by atoms with Gasteiger partial charge in [0.2, 0.25) is 0 Å². The van der Waals surface area contributed by atoms with E-state index < -0.39 is 0 Å². The van der Waals surface area contributed by atoms with Crippen LogP contribution >= 0.6 is 0 Å². The number of fused-ring (bicyclic) bond motifs is 1. The Balaban J connectivity index is 1.38. The van der Waals surface area contributed by atoms with Crippen molar-refractivity contribution in [3.05, 3.63) is 71.9 Å². The zero-order valence-corrected chi connectivity index (χ0v) is 16.7. The van der Waals surface area contributed by atoms with E-state index in [1.54, 1.807) is 0 Å². The molecule has 5 nitrogen and oxygen atoms in total. The quantitative estimate of drug-likeness (QED) is 0.612. The van der Waals surface area contributed by atoms with E-state index in [2.05, 4.69) is 24.3 Å². The highest BCUT2D eigenvalue weighted by Crippen LogP contribution is 2.24. The second-order valence-electron chi connectivity index (χ2n) is 7.75.